The second kappa shape index (κ2) is 6.52. The van der Waals surface area contributed by atoms with Gasteiger partial charge in [-0.15, -0.1) is 0 Å². The van der Waals surface area contributed by atoms with Crippen molar-refractivity contribution in [3.8, 4) is 5.75 Å². The van der Waals surface area contributed by atoms with Crippen molar-refractivity contribution in [1.82, 2.24) is 15.5 Å². The predicted octanol–water partition coefficient (Wildman–Crippen LogP) is 3.05. The number of hydrogen-bond donors (Lipinski definition) is 1. The monoisotopic (exact) mass is 275 g/mol. The summed E-state index contributed by atoms with van der Waals surface area (Å²) in [6.07, 6.45) is 0. The molecule has 20 heavy (non-hydrogen) atoms. The van der Waals surface area contributed by atoms with Gasteiger partial charge in [-0.25, -0.2) is 0 Å². The maximum Gasteiger partial charge on any atom is 0.264 e. The Labute approximate surface area is 119 Å². The molecule has 0 spiro atoms. The standard InChI is InChI=1S/C15H21N3O2/c1-10(2)15-17-14(20-18-15)9-19-13-7-5-6-12(8-13)11(3)16-4/h5-8,10-11,16H,9H2,1-4H3. The summed E-state index contributed by atoms with van der Waals surface area (Å²) in [5.41, 5.74) is 1.18. The molecule has 1 unspecified atom stereocenters. The number of rotatable bonds is 6. The number of aromatic nitrogens is 2. The second-order valence-electron chi connectivity index (χ2n) is 5.07. The molecule has 0 aliphatic heterocycles. The van der Waals surface area contributed by atoms with Crippen LogP contribution in [0.25, 0.3) is 0 Å². The Balaban J connectivity index is 1.99. The quantitative estimate of drug-likeness (QED) is 0.878. The van der Waals surface area contributed by atoms with Gasteiger partial charge in [-0.1, -0.05) is 31.1 Å². The van der Waals surface area contributed by atoms with Gasteiger partial charge in [0.15, 0.2) is 12.4 Å². The summed E-state index contributed by atoms with van der Waals surface area (Å²) in [6, 6.07) is 8.27. The zero-order chi connectivity index (χ0) is 14.5. The molecule has 5 nitrogen and oxygen atoms in total. The van der Waals surface area contributed by atoms with E-state index in [4.69, 9.17) is 9.26 Å². The van der Waals surface area contributed by atoms with Crippen LogP contribution in [0.5, 0.6) is 5.75 Å². The third-order valence-electron chi connectivity index (χ3n) is 3.15. The smallest absolute Gasteiger partial charge is 0.264 e. The average molecular weight is 275 g/mol. The molecule has 0 bridgehead atoms. The van der Waals surface area contributed by atoms with E-state index in [-0.39, 0.29) is 18.6 Å². The first-order valence-corrected chi connectivity index (χ1v) is 6.82. The fourth-order valence-electron chi connectivity index (χ4n) is 1.75. The molecule has 0 aliphatic carbocycles. The van der Waals surface area contributed by atoms with Gasteiger partial charge in [0, 0.05) is 12.0 Å². The molecule has 0 saturated carbocycles. The minimum atomic E-state index is 0.257. The zero-order valence-corrected chi connectivity index (χ0v) is 12.4. The van der Waals surface area contributed by atoms with E-state index in [0.717, 1.165) is 5.75 Å². The van der Waals surface area contributed by atoms with E-state index in [1.165, 1.54) is 5.56 Å². The van der Waals surface area contributed by atoms with E-state index in [1.54, 1.807) is 0 Å². The van der Waals surface area contributed by atoms with Crippen molar-refractivity contribution < 1.29 is 9.26 Å². The van der Waals surface area contributed by atoms with Crippen molar-refractivity contribution in [2.24, 2.45) is 0 Å². The van der Waals surface area contributed by atoms with Gasteiger partial charge in [0.2, 0.25) is 0 Å². The molecular weight excluding hydrogens is 254 g/mol. The third kappa shape index (κ3) is 3.57. The molecule has 1 aromatic heterocycles. The minimum absolute atomic E-state index is 0.257. The molecule has 108 valence electrons. The predicted molar refractivity (Wildman–Crippen MR) is 76.6 cm³/mol. The highest BCUT2D eigenvalue weighted by atomic mass is 16.5. The number of hydrogen-bond acceptors (Lipinski definition) is 5. The van der Waals surface area contributed by atoms with Crippen LogP contribution in [-0.2, 0) is 6.61 Å². The summed E-state index contributed by atoms with van der Waals surface area (Å²) in [7, 11) is 1.93. The Morgan fingerprint density at radius 3 is 2.75 bits per heavy atom. The van der Waals surface area contributed by atoms with Crippen LogP contribution in [-0.4, -0.2) is 17.2 Å². The van der Waals surface area contributed by atoms with E-state index >= 15 is 0 Å². The second-order valence-corrected chi connectivity index (χ2v) is 5.07. The van der Waals surface area contributed by atoms with E-state index in [0.29, 0.717) is 11.7 Å². The van der Waals surface area contributed by atoms with Gasteiger partial charge < -0.3 is 14.6 Å². The van der Waals surface area contributed by atoms with Crippen LogP contribution in [0.4, 0.5) is 0 Å². The molecule has 2 rings (SSSR count). The average Bonchev–Trinajstić information content (AvgIpc) is 2.93. The molecule has 1 heterocycles. The van der Waals surface area contributed by atoms with Gasteiger partial charge in [-0.3, -0.25) is 0 Å². The Hall–Kier alpha value is -1.88. The fraction of sp³-hybridized carbons (Fsp3) is 0.467. The van der Waals surface area contributed by atoms with Crippen LogP contribution in [0.2, 0.25) is 0 Å². The Kier molecular flexibility index (Phi) is 4.74. The van der Waals surface area contributed by atoms with Crippen molar-refractivity contribution in [2.45, 2.75) is 39.3 Å². The highest BCUT2D eigenvalue weighted by Crippen LogP contribution is 2.20. The van der Waals surface area contributed by atoms with E-state index < -0.39 is 0 Å². The largest absolute Gasteiger partial charge is 0.484 e. The van der Waals surface area contributed by atoms with E-state index in [1.807, 2.05) is 39.1 Å². The zero-order valence-electron chi connectivity index (χ0n) is 12.4. The van der Waals surface area contributed by atoms with Gasteiger partial charge in [-0.2, -0.15) is 4.98 Å². The molecule has 1 aromatic carbocycles. The number of nitrogens with zero attached hydrogens (tertiary/aromatic N) is 2. The number of nitrogens with one attached hydrogen (secondary N) is 1. The molecule has 0 radical (unpaired) electrons. The van der Waals surface area contributed by atoms with Gasteiger partial charge in [0.05, 0.1) is 0 Å². The molecule has 0 aliphatic rings. The third-order valence-corrected chi connectivity index (χ3v) is 3.15. The van der Waals surface area contributed by atoms with Crippen molar-refractivity contribution >= 4 is 0 Å². The van der Waals surface area contributed by atoms with Crippen molar-refractivity contribution in [3.63, 3.8) is 0 Å². The lowest BCUT2D eigenvalue weighted by Crippen LogP contribution is -2.12. The highest BCUT2D eigenvalue weighted by Gasteiger charge is 2.10. The van der Waals surface area contributed by atoms with E-state index in [9.17, 15) is 0 Å². The number of ether oxygens (including phenoxy) is 1. The summed E-state index contributed by atoms with van der Waals surface area (Å²) < 4.78 is 10.8. The van der Waals surface area contributed by atoms with Gasteiger partial charge in [0.25, 0.3) is 5.89 Å². The van der Waals surface area contributed by atoms with Crippen LogP contribution < -0.4 is 10.1 Å². The topological polar surface area (TPSA) is 60.2 Å². The summed E-state index contributed by atoms with van der Waals surface area (Å²) in [4.78, 5) is 4.28. The summed E-state index contributed by atoms with van der Waals surface area (Å²) in [5.74, 6) is 2.27. The number of benzene rings is 1. The lowest BCUT2D eigenvalue weighted by Gasteiger charge is -2.12. The Bertz CT molecular complexity index is 552. The summed E-state index contributed by atoms with van der Waals surface area (Å²) in [6.45, 7) is 6.44. The molecular formula is C15H21N3O2. The van der Waals surface area contributed by atoms with Crippen LogP contribution in [0, 0.1) is 0 Å². The molecule has 0 saturated heterocycles. The maximum atomic E-state index is 5.70. The minimum Gasteiger partial charge on any atom is -0.484 e. The van der Waals surface area contributed by atoms with Gasteiger partial charge in [0.1, 0.15) is 5.75 Å². The molecule has 1 atom stereocenters. The van der Waals surface area contributed by atoms with E-state index in [2.05, 4.69) is 28.4 Å². The van der Waals surface area contributed by atoms with Crippen LogP contribution in [0.3, 0.4) is 0 Å². The van der Waals surface area contributed by atoms with Crippen molar-refractivity contribution in [2.75, 3.05) is 7.05 Å². The molecule has 5 heteroatoms. The Morgan fingerprint density at radius 2 is 2.10 bits per heavy atom. The summed E-state index contributed by atoms with van der Waals surface area (Å²) >= 11 is 0. The first kappa shape index (κ1) is 14.5. The van der Waals surface area contributed by atoms with Crippen molar-refractivity contribution in [3.05, 3.63) is 41.5 Å². The normalized spacial score (nSPS) is 12.7. The molecule has 2 aromatic rings. The molecule has 0 amide bonds. The lowest BCUT2D eigenvalue weighted by molar-refractivity contribution is 0.242. The fourth-order valence-corrected chi connectivity index (χ4v) is 1.75. The van der Waals surface area contributed by atoms with Crippen LogP contribution in [0.15, 0.2) is 28.8 Å². The van der Waals surface area contributed by atoms with Crippen LogP contribution >= 0.6 is 0 Å². The first-order valence-electron chi connectivity index (χ1n) is 6.82. The van der Waals surface area contributed by atoms with Gasteiger partial charge >= 0.3 is 0 Å². The van der Waals surface area contributed by atoms with Crippen molar-refractivity contribution in [1.29, 1.82) is 0 Å². The SMILES string of the molecule is CNC(C)c1cccc(OCc2nc(C(C)C)no2)c1. The summed E-state index contributed by atoms with van der Waals surface area (Å²) in [5, 5.41) is 7.11. The highest BCUT2D eigenvalue weighted by molar-refractivity contribution is 5.30. The lowest BCUT2D eigenvalue weighted by atomic mass is 10.1. The maximum absolute atomic E-state index is 5.70. The molecule has 0 fully saturated rings. The first-order chi connectivity index (χ1) is 9.60. The van der Waals surface area contributed by atoms with Crippen LogP contribution in [0.1, 0.15) is 50.0 Å². The molecule has 1 N–H and O–H groups in total. The Morgan fingerprint density at radius 1 is 1.30 bits per heavy atom. The van der Waals surface area contributed by atoms with Gasteiger partial charge in [-0.05, 0) is 31.7 Å².